The van der Waals surface area contributed by atoms with Crippen LogP contribution in [0, 0.1) is 13.8 Å². The standard InChI is InChI=1S/C19H18ClN3O/c1-13-14(2)23(12-22-13)16-9-7-15(8-10-16)11-21-19(24)17-5-3-4-6-18(17)20/h3-10,12H,11H2,1-2H3,(H,21,24). The second kappa shape index (κ2) is 6.89. The molecule has 1 heterocycles. The first-order chi connectivity index (χ1) is 11.6. The highest BCUT2D eigenvalue weighted by molar-refractivity contribution is 6.33. The largest absolute Gasteiger partial charge is 0.348 e. The predicted octanol–water partition coefficient (Wildman–Crippen LogP) is 4.07. The van der Waals surface area contributed by atoms with E-state index in [1.807, 2.05) is 49.0 Å². The average molecular weight is 340 g/mol. The van der Waals surface area contributed by atoms with Crippen molar-refractivity contribution in [2.45, 2.75) is 20.4 Å². The molecule has 0 aliphatic rings. The molecule has 122 valence electrons. The number of benzene rings is 2. The van der Waals surface area contributed by atoms with Crippen LogP contribution in [0.1, 0.15) is 27.3 Å². The highest BCUT2D eigenvalue weighted by Gasteiger charge is 2.09. The molecule has 0 spiro atoms. The van der Waals surface area contributed by atoms with E-state index < -0.39 is 0 Å². The first-order valence-corrected chi connectivity index (χ1v) is 8.06. The normalized spacial score (nSPS) is 10.6. The van der Waals surface area contributed by atoms with Gasteiger partial charge in [0.2, 0.25) is 0 Å². The fourth-order valence-electron chi connectivity index (χ4n) is 2.46. The molecule has 1 amide bonds. The van der Waals surface area contributed by atoms with E-state index >= 15 is 0 Å². The first kappa shape index (κ1) is 16.3. The SMILES string of the molecule is Cc1ncn(-c2ccc(CNC(=O)c3ccccc3Cl)cc2)c1C. The third-order valence-corrected chi connectivity index (χ3v) is 4.37. The molecule has 24 heavy (non-hydrogen) atoms. The molecule has 0 saturated carbocycles. The van der Waals surface area contributed by atoms with Crippen LogP contribution in [-0.2, 0) is 6.54 Å². The fourth-order valence-corrected chi connectivity index (χ4v) is 2.68. The minimum absolute atomic E-state index is 0.175. The summed E-state index contributed by atoms with van der Waals surface area (Å²) >= 11 is 6.04. The Balaban J connectivity index is 1.68. The number of nitrogens with one attached hydrogen (secondary N) is 1. The van der Waals surface area contributed by atoms with Gasteiger partial charge in [0, 0.05) is 17.9 Å². The second-order valence-corrected chi connectivity index (χ2v) is 6.02. The molecule has 0 fully saturated rings. The molecular formula is C19H18ClN3O. The number of amides is 1. The van der Waals surface area contributed by atoms with Crippen LogP contribution in [-0.4, -0.2) is 15.5 Å². The molecule has 5 heteroatoms. The van der Waals surface area contributed by atoms with Gasteiger partial charge in [-0.3, -0.25) is 4.79 Å². The van der Waals surface area contributed by atoms with E-state index in [4.69, 9.17) is 11.6 Å². The summed E-state index contributed by atoms with van der Waals surface area (Å²) in [7, 11) is 0. The number of hydrogen-bond donors (Lipinski definition) is 1. The van der Waals surface area contributed by atoms with Gasteiger partial charge in [0.05, 0.1) is 22.6 Å². The average Bonchev–Trinajstić information content (AvgIpc) is 2.93. The number of imidazole rings is 1. The predicted molar refractivity (Wildman–Crippen MR) is 95.7 cm³/mol. The van der Waals surface area contributed by atoms with Gasteiger partial charge in [0.1, 0.15) is 0 Å². The topological polar surface area (TPSA) is 46.9 Å². The highest BCUT2D eigenvalue weighted by Crippen LogP contribution is 2.16. The number of aryl methyl sites for hydroxylation is 1. The molecule has 3 rings (SSSR count). The van der Waals surface area contributed by atoms with Crippen molar-refractivity contribution in [3.8, 4) is 5.69 Å². The summed E-state index contributed by atoms with van der Waals surface area (Å²) in [4.78, 5) is 16.5. The fraction of sp³-hybridized carbons (Fsp3) is 0.158. The number of aromatic nitrogens is 2. The molecule has 1 aromatic heterocycles. The maximum Gasteiger partial charge on any atom is 0.253 e. The molecular weight excluding hydrogens is 322 g/mol. The van der Waals surface area contributed by atoms with Gasteiger partial charge < -0.3 is 9.88 Å². The van der Waals surface area contributed by atoms with Crippen molar-refractivity contribution < 1.29 is 4.79 Å². The zero-order chi connectivity index (χ0) is 17.1. The van der Waals surface area contributed by atoms with Crippen LogP contribution in [0.5, 0.6) is 0 Å². The molecule has 4 nitrogen and oxygen atoms in total. The van der Waals surface area contributed by atoms with Gasteiger partial charge in [-0.15, -0.1) is 0 Å². The number of carbonyl (C=O) groups is 1. The summed E-state index contributed by atoms with van der Waals surface area (Å²) in [6.07, 6.45) is 1.82. The van der Waals surface area contributed by atoms with Crippen LogP contribution in [0.4, 0.5) is 0 Å². The Labute approximate surface area is 146 Å². The Hall–Kier alpha value is -2.59. The van der Waals surface area contributed by atoms with Crippen molar-refractivity contribution >= 4 is 17.5 Å². The van der Waals surface area contributed by atoms with Gasteiger partial charge in [-0.05, 0) is 43.7 Å². The van der Waals surface area contributed by atoms with Gasteiger partial charge in [0.15, 0.2) is 0 Å². The Morgan fingerprint density at radius 1 is 1.12 bits per heavy atom. The number of rotatable bonds is 4. The third-order valence-electron chi connectivity index (χ3n) is 4.04. The molecule has 0 unspecified atom stereocenters. The van der Waals surface area contributed by atoms with Gasteiger partial charge in [-0.25, -0.2) is 4.98 Å². The van der Waals surface area contributed by atoms with Crippen molar-refractivity contribution in [2.24, 2.45) is 0 Å². The van der Waals surface area contributed by atoms with E-state index in [1.165, 1.54) is 0 Å². The Morgan fingerprint density at radius 3 is 2.46 bits per heavy atom. The van der Waals surface area contributed by atoms with E-state index in [9.17, 15) is 4.79 Å². The molecule has 3 aromatic rings. The molecule has 0 saturated heterocycles. The zero-order valence-corrected chi connectivity index (χ0v) is 14.3. The smallest absolute Gasteiger partial charge is 0.253 e. The molecule has 1 N–H and O–H groups in total. The number of halogens is 1. The van der Waals surface area contributed by atoms with E-state index in [2.05, 4.69) is 10.3 Å². The molecule has 0 bridgehead atoms. The van der Waals surface area contributed by atoms with Crippen LogP contribution >= 0.6 is 11.6 Å². The summed E-state index contributed by atoms with van der Waals surface area (Å²) in [5, 5.41) is 3.34. The van der Waals surface area contributed by atoms with Crippen LogP contribution < -0.4 is 5.32 Å². The van der Waals surface area contributed by atoms with Crippen LogP contribution in [0.25, 0.3) is 5.69 Å². The van der Waals surface area contributed by atoms with Crippen molar-refractivity contribution in [3.63, 3.8) is 0 Å². The van der Waals surface area contributed by atoms with Crippen molar-refractivity contribution in [3.05, 3.63) is 82.4 Å². The summed E-state index contributed by atoms with van der Waals surface area (Å²) in [5.41, 5.74) is 4.70. The molecule has 0 aliphatic heterocycles. The Morgan fingerprint density at radius 2 is 1.83 bits per heavy atom. The maximum atomic E-state index is 12.2. The van der Waals surface area contributed by atoms with E-state index in [0.717, 1.165) is 22.6 Å². The van der Waals surface area contributed by atoms with Crippen LogP contribution in [0.2, 0.25) is 5.02 Å². The second-order valence-electron chi connectivity index (χ2n) is 5.61. The van der Waals surface area contributed by atoms with Crippen molar-refractivity contribution in [1.29, 1.82) is 0 Å². The highest BCUT2D eigenvalue weighted by atomic mass is 35.5. The first-order valence-electron chi connectivity index (χ1n) is 7.69. The van der Waals surface area contributed by atoms with Crippen molar-refractivity contribution in [2.75, 3.05) is 0 Å². The number of nitrogens with zero attached hydrogens (tertiary/aromatic N) is 2. The van der Waals surface area contributed by atoms with Gasteiger partial charge in [-0.2, -0.15) is 0 Å². The Bertz CT molecular complexity index is 869. The van der Waals surface area contributed by atoms with Gasteiger partial charge in [0.25, 0.3) is 5.91 Å². The Kier molecular flexibility index (Phi) is 4.67. The van der Waals surface area contributed by atoms with E-state index in [-0.39, 0.29) is 5.91 Å². The lowest BCUT2D eigenvalue weighted by molar-refractivity contribution is 0.0951. The minimum Gasteiger partial charge on any atom is -0.348 e. The number of hydrogen-bond acceptors (Lipinski definition) is 2. The molecule has 2 aromatic carbocycles. The van der Waals surface area contributed by atoms with Crippen LogP contribution in [0.15, 0.2) is 54.9 Å². The lowest BCUT2D eigenvalue weighted by Gasteiger charge is -2.09. The van der Waals surface area contributed by atoms with Crippen LogP contribution in [0.3, 0.4) is 0 Å². The summed E-state index contributed by atoms with van der Waals surface area (Å²) in [6, 6.07) is 15.1. The van der Waals surface area contributed by atoms with Gasteiger partial charge >= 0.3 is 0 Å². The van der Waals surface area contributed by atoms with Crippen molar-refractivity contribution in [1.82, 2.24) is 14.9 Å². The third kappa shape index (κ3) is 3.34. The summed E-state index contributed by atoms with van der Waals surface area (Å²) < 4.78 is 2.04. The quantitative estimate of drug-likeness (QED) is 0.778. The monoisotopic (exact) mass is 339 g/mol. The molecule has 0 aliphatic carbocycles. The molecule has 0 radical (unpaired) electrons. The summed E-state index contributed by atoms with van der Waals surface area (Å²) in [6.45, 7) is 4.48. The maximum absolute atomic E-state index is 12.2. The van der Waals surface area contributed by atoms with E-state index in [1.54, 1.807) is 24.3 Å². The lowest BCUT2D eigenvalue weighted by atomic mass is 10.1. The summed E-state index contributed by atoms with van der Waals surface area (Å²) in [5.74, 6) is -0.175. The minimum atomic E-state index is -0.175. The van der Waals surface area contributed by atoms with E-state index in [0.29, 0.717) is 17.1 Å². The van der Waals surface area contributed by atoms with Gasteiger partial charge in [-0.1, -0.05) is 35.9 Å². The number of carbonyl (C=O) groups excluding carboxylic acids is 1. The lowest BCUT2D eigenvalue weighted by Crippen LogP contribution is -2.23. The molecule has 0 atom stereocenters. The zero-order valence-electron chi connectivity index (χ0n) is 13.6.